The first-order valence-electron chi connectivity index (χ1n) is 9.76. The van der Waals surface area contributed by atoms with Crippen molar-refractivity contribution in [3.8, 4) is 26.9 Å². The lowest BCUT2D eigenvalue weighted by Gasteiger charge is -2.05. The maximum atomic E-state index is 13.3. The summed E-state index contributed by atoms with van der Waals surface area (Å²) in [6.07, 6.45) is 0. The van der Waals surface area contributed by atoms with Gasteiger partial charge in [0.25, 0.3) is 0 Å². The van der Waals surface area contributed by atoms with Gasteiger partial charge in [0.2, 0.25) is 5.91 Å². The van der Waals surface area contributed by atoms with Gasteiger partial charge in [-0.1, -0.05) is 11.8 Å². The molecule has 10 heteroatoms. The van der Waals surface area contributed by atoms with Crippen LogP contribution in [-0.2, 0) is 4.79 Å². The molecule has 0 saturated heterocycles. The average Bonchev–Trinajstić information content (AvgIpc) is 3.22. The summed E-state index contributed by atoms with van der Waals surface area (Å²) in [5, 5.41) is 12.4. The molecular weight excluding hydrogens is 466 g/mol. The molecule has 0 aliphatic rings. The van der Waals surface area contributed by atoms with Crippen LogP contribution < -0.4 is 10.1 Å². The maximum Gasteiger partial charge on any atom is 0.234 e. The first-order valence-corrected chi connectivity index (χ1v) is 11.6. The van der Waals surface area contributed by atoms with Crippen LogP contribution in [0.15, 0.2) is 59.6 Å². The van der Waals surface area contributed by atoms with E-state index in [1.807, 2.05) is 37.3 Å². The molecule has 0 fully saturated rings. The molecule has 2 aromatic heterocycles. The molecule has 1 amide bonds. The van der Waals surface area contributed by atoms with Crippen LogP contribution in [0.25, 0.3) is 21.1 Å². The lowest BCUT2D eigenvalue weighted by molar-refractivity contribution is -0.113. The van der Waals surface area contributed by atoms with Crippen molar-refractivity contribution in [2.75, 3.05) is 18.2 Å². The first kappa shape index (κ1) is 22.8. The van der Waals surface area contributed by atoms with Crippen LogP contribution in [0, 0.1) is 18.6 Å². The Bertz CT molecular complexity index is 1280. The van der Waals surface area contributed by atoms with Crippen molar-refractivity contribution in [1.29, 1.82) is 0 Å². The summed E-state index contributed by atoms with van der Waals surface area (Å²) >= 11 is 2.72. The van der Waals surface area contributed by atoms with Crippen LogP contribution in [0.3, 0.4) is 0 Å². The highest BCUT2D eigenvalue weighted by Crippen LogP contribution is 2.35. The number of halogens is 2. The lowest BCUT2D eigenvalue weighted by Crippen LogP contribution is -2.14. The maximum absolute atomic E-state index is 13.3. The number of aromatic nitrogens is 3. The second kappa shape index (κ2) is 10.1. The summed E-state index contributed by atoms with van der Waals surface area (Å²) < 4.78 is 31.4. The number of rotatable bonds is 7. The fourth-order valence-corrected chi connectivity index (χ4v) is 4.57. The highest BCUT2D eigenvalue weighted by atomic mass is 32.2. The minimum absolute atomic E-state index is 0.0498. The van der Waals surface area contributed by atoms with Crippen molar-refractivity contribution >= 4 is 34.7 Å². The third-order valence-electron chi connectivity index (χ3n) is 4.56. The van der Waals surface area contributed by atoms with Gasteiger partial charge in [0.1, 0.15) is 21.5 Å². The number of amides is 1. The van der Waals surface area contributed by atoms with E-state index in [0.717, 1.165) is 39.0 Å². The standard InChI is InChI=1S/C23H18F2N4O2S2/c1-13-22(33-23(26-13)14-3-6-16(31-2)7-4-14)19-9-10-21(29-28-19)32-12-20(30)27-15-5-8-17(24)18(25)11-15/h3-11H,12H2,1-2H3,(H,27,30). The normalized spacial score (nSPS) is 10.8. The van der Waals surface area contributed by atoms with Crippen LogP contribution in [-0.4, -0.2) is 34.0 Å². The van der Waals surface area contributed by atoms with Crippen molar-refractivity contribution in [3.63, 3.8) is 0 Å². The molecule has 4 aromatic rings. The van der Waals surface area contributed by atoms with Gasteiger partial charge in [0, 0.05) is 17.3 Å². The second-order valence-corrected chi connectivity index (χ2v) is 8.88. The summed E-state index contributed by atoms with van der Waals surface area (Å²) in [6.45, 7) is 1.92. The number of thiazole rings is 1. The molecular formula is C23H18F2N4O2S2. The molecule has 0 aliphatic heterocycles. The monoisotopic (exact) mass is 484 g/mol. The predicted molar refractivity (Wildman–Crippen MR) is 126 cm³/mol. The second-order valence-electron chi connectivity index (χ2n) is 6.88. The number of nitrogens with one attached hydrogen (secondary N) is 1. The lowest BCUT2D eigenvalue weighted by atomic mass is 10.2. The minimum Gasteiger partial charge on any atom is -0.497 e. The highest BCUT2D eigenvalue weighted by molar-refractivity contribution is 7.99. The van der Waals surface area contributed by atoms with E-state index in [1.165, 1.54) is 29.2 Å². The Morgan fingerprint density at radius 3 is 2.52 bits per heavy atom. The SMILES string of the molecule is COc1ccc(-c2nc(C)c(-c3ccc(SCC(=O)Nc4ccc(F)c(F)c4)nn3)s2)cc1. The van der Waals surface area contributed by atoms with Gasteiger partial charge in [0.15, 0.2) is 11.6 Å². The van der Waals surface area contributed by atoms with Gasteiger partial charge in [-0.05, 0) is 55.5 Å². The summed E-state index contributed by atoms with van der Waals surface area (Å²) in [5.74, 6) is -1.52. The van der Waals surface area contributed by atoms with Gasteiger partial charge in [-0.15, -0.1) is 21.5 Å². The van der Waals surface area contributed by atoms with E-state index in [0.29, 0.717) is 10.7 Å². The number of anilines is 1. The zero-order valence-electron chi connectivity index (χ0n) is 17.6. The number of hydrogen-bond acceptors (Lipinski definition) is 7. The number of benzene rings is 2. The zero-order valence-corrected chi connectivity index (χ0v) is 19.3. The molecule has 4 rings (SSSR count). The van der Waals surface area contributed by atoms with Crippen molar-refractivity contribution < 1.29 is 18.3 Å². The van der Waals surface area contributed by atoms with E-state index in [2.05, 4.69) is 20.5 Å². The topological polar surface area (TPSA) is 77.0 Å². The van der Waals surface area contributed by atoms with Gasteiger partial charge >= 0.3 is 0 Å². The number of ether oxygens (including phenoxy) is 1. The van der Waals surface area contributed by atoms with Crippen molar-refractivity contribution in [1.82, 2.24) is 15.2 Å². The van der Waals surface area contributed by atoms with E-state index in [9.17, 15) is 13.6 Å². The fraction of sp³-hybridized carbons (Fsp3) is 0.130. The summed E-state index contributed by atoms with van der Waals surface area (Å²) in [4.78, 5) is 17.6. The molecule has 0 saturated carbocycles. The van der Waals surface area contributed by atoms with Gasteiger partial charge in [-0.2, -0.15) is 0 Å². The van der Waals surface area contributed by atoms with Crippen LogP contribution in [0.5, 0.6) is 5.75 Å². The molecule has 0 spiro atoms. The smallest absolute Gasteiger partial charge is 0.234 e. The third-order valence-corrected chi connectivity index (χ3v) is 6.71. The Morgan fingerprint density at radius 1 is 1.06 bits per heavy atom. The Kier molecular flexibility index (Phi) is 6.95. The number of carbonyl (C=O) groups is 1. The molecule has 168 valence electrons. The number of carbonyl (C=O) groups excluding carboxylic acids is 1. The predicted octanol–water partition coefficient (Wildman–Crippen LogP) is 5.59. The molecule has 0 bridgehead atoms. The van der Waals surface area contributed by atoms with Gasteiger partial charge in [-0.3, -0.25) is 4.79 Å². The molecule has 33 heavy (non-hydrogen) atoms. The number of nitrogens with zero attached hydrogens (tertiary/aromatic N) is 3. The minimum atomic E-state index is -1.02. The summed E-state index contributed by atoms with van der Waals surface area (Å²) in [5.41, 5.74) is 2.73. The van der Waals surface area contributed by atoms with Crippen molar-refractivity contribution in [2.24, 2.45) is 0 Å². The number of aryl methyl sites for hydroxylation is 1. The van der Waals surface area contributed by atoms with Gasteiger partial charge in [-0.25, -0.2) is 13.8 Å². The fourth-order valence-electron chi connectivity index (χ4n) is 2.92. The first-order chi connectivity index (χ1) is 15.9. The quantitative estimate of drug-likeness (QED) is 0.345. The van der Waals surface area contributed by atoms with Gasteiger partial charge in [0.05, 0.1) is 23.4 Å². The average molecular weight is 485 g/mol. The Balaban J connectivity index is 1.39. The van der Waals surface area contributed by atoms with Crippen molar-refractivity contribution in [3.05, 3.63) is 71.9 Å². The third kappa shape index (κ3) is 5.52. The van der Waals surface area contributed by atoms with Crippen molar-refractivity contribution in [2.45, 2.75) is 11.9 Å². The Hall–Kier alpha value is -3.37. The molecule has 0 unspecified atom stereocenters. The summed E-state index contributed by atoms with van der Waals surface area (Å²) in [7, 11) is 1.63. The molecule has 1 N–H and O–H groups in total. The van der Waals surface area contributed by atoms with Crippen LogP contribution in [0.2, 0.25) is 0 Å². The number of methoxy groups -OCH3 is 1. The Morgan fingerprint density at radius 2 is 1.85 bits per heavy atom. The van der Waals surface area contributed by atoms with E-state index >= 15 is 0 Å². The van der Waals surface area contributed by atoms with E-state index < -0.39 is 11.6 Å². The molecule has 2 heterocycles. The molecule has 0 atom stereocenters. The van der Waals surface area contributed by atoms with E-state index in [-0.39, 0.29) is 17.3 Å². The van der Waals surface area contributed by atoms with E-state index in [4.69, 9.17) is 4.74 Å². The van der Waals surface area contributed by atoms with Crippen LogP contribution in [0.4, 0.5) is 14.5 Å². The molecule has 0 radical (unpaired) electrons. The largest absolute Gasteiger partial charge is 0.497 e. The summed E-state index contributed by atoms with van der Waals surface area (Å²) in [6, 6.07) is 14.5. The Labute approximate surface area is 197 Å². The zero-order chi connectivity index (χ0) is 23.4. The van der Waals surface area contributed by atoms with Crippen LogP contribution >= 0.6 is 23.1 Å². The number of thioether (sulfide) groups is 1. The van der Waals surface area contributed by atoms with E-state index in [1.54, 1.807) is 13.2 Å². The van der Waals surface area contributed by atoms with Gasteiger partial charge < -0.3 is 10.1 Å². The highest BCUT2D eigenvalue weighted by Gasteiger charge is 2.14. The number of hydrogen-bond donors (Lipinski definition) is 1. The molecule has 2 aromatic carbocycles. The molecule has 0 aliphatic carbocycles. The molecule has 6 nitrogen and oxygen atoms in total. The van der Waals surface area contributed by atoms with Crippen LogP contribution in [0.1, 0.15) is 5.69 Å².